The molecule has 0 N–H and O–H groups in total. The van der Waals surface area contributed by atoms with Crippen LogP contribution in [0.3, 0.4) is 0 Å². The molecule has 4 heteroatoms. The molecule has 5 atom stereocenters. The second-order valence-corrected chi connectivity index (χ2v) is 6.52. The number of rotatable bonds is 2. The van der Waals surface area contributed by atoms with Crippen molar-refractivity contribution in [2.75, 3.05) is 13.7 Å². The van der Waals surface area contributed by atoms with Gasteiger partial charge in [0.15, 0.2) is 0 Å². The fraction of sp³-hybridized carbons (Fsp3) is 0.867. The smallest absolute Gasteiger partial charge is 0.306 e. The highest BCUT2D eigenvalue weighted by molar-refractivity contribution is 5.88. The van der Waals surface area contributed by atoms with Crippen molar-refractivity contribution in [3.63, 3.8) is 0 Å². The molecule has 3 rings (SSSR count). The highest BCUT2D eigenvalue weighted by Gasteiger charge is 2.60. The van der Waals surface area contributed by atoms with Crippen LogP contribution >= 0.6 is 0 Å². The molecule has 19 heavy (non-hydrogen) atoms. The Bertz CT molecular complexity index is 405. The molecule has 1 saturated heterocycles. The molecule has 0 aromatic carbocycles. The average Bonchev–Trinajstić information content (AvgIpc) is 2.86. The maximum atomic E-state index is 12.5. The van der Waals surface area contributed by atoms with E-state index in [0.717, 1.165) is 19.3 Å². The van der Waals surface area contributed by atoms with Gasteiger partial charge >= 0.3 is 5.97 Å². The molecule has 3 fully saturated rings. The Labute approximate surface area is 113 Å². The summed E-state index contributed by atoms with van der Waals surface area (Å²) in [5, 5.41) is 0. The van der Waals surface area contributed by atoms with E-state index in [1.54, 1.807) is 7.11 Å². The van der Waals surface area contributed by atoms with Crippen LogP contribution in [0.5, 0.6) is 0 Å². The summed E-state index contributed by atoms with van der Waals surface area (Å²) in [4.78, 5) is 24.1. The Balaban J connectivity index is 1.96. The lowest BCUT2D eigenvalue weighted by atomic mass is 9.68. The monoisotopic (exact) mass is 266 g/mol. The number of carbonyl (C=O) groups excluding carboxylic acids is 2. The van der Waals surface area contributed by atoms with Crippen LogP contribution in [-0.2, 0) is 19.1 Å². The molecule has 2 aliphatic carbocycles. The Morgan fingerprint density at radius 3 is 2.84 bits per heavy atom. The van der Waals surface area contributed by atoms with Crippen LogP contribution in [0.1, 0.15) is 39.0 Å². The highest BCUT2D eigenvalue weighted by Crippen LogP contribution is 2.55. The molecule has 0 aromatic rings. The molecule has 4 nitrogen and oxygen atoms in total. The van der Waals surface area contributed by atoms with Crippen molar-refractivity contribution in [1.29, 1.82) is 0 Å². The summed E-state index contributed by atoms with van der Waals surface area (Å²) in [7, 11) is 1.72. The average molecular weight is 266 g/mol. The van der Waals surface area contributed by atoms with Gasteiger partial charge in [0.2, 0.25) is 0 Å². The van der Waals surface area contributed by atoms with E-state index in [4.69, 9.17) is 9.47 Å². The summed E-state index contributed by atoms with van der Waals surface area (Å²) >= 11 is 0. The summed E-state index contributed by atoms with van der Waals surface area (Å²) in [5.41, 5.74) is -0.476. The molecular weight excluding hydrogens is 244 g/mol. The zero-order valence-corrected chi connectivity index (χ0v) is 11.7. The zero-order valence-electron chi connectivity index (χ0n) is 11.7. The van der Waals surface area contributed by atoms with Gasteiger partial charge in [0, 0.05) is 26.1 Å². The molecule has 1 aliphatic heterocycles. The van der Waals surface area contributed by atoms with E-state index in [-0.39, 0.29) is 23.8 Å². The van der Waals surface area contributed by atoms with Crippen LogP contribution in [-0.4, -0.2) is 31.6 Å². The van der Waals surface area contributed by atoms with Crippen LogP contribution in [0.2, 0.25) is 0 Å². The Morgan fingerprint density at radius 2 is 2.11 bits per heavy atom. The van der Waals surface area contributed by atoms with Gasteiger partial charge in [-0.25, -0.2) is 0 Å². The molecule has 0 radical (unpaired) electrons. The van der Waals surface area contributed by atoms with E-state index in [1.165, 1.54) is 0 Å². The topological polar surface area (TPSA) is 52.6 Å². The number of ether oxygens (including phenoxy) is 2. The molecule has 0 bridgehead atoms. The van der Waals surface area contributed by atoms with Gasteiger partial charge in [0.05, 0.1) is 11.8 Å². The first-order valence-corrected chi connectivity index (χ1v) is 7.29. The third-order valence-corrected chi connectivity index (χ3v) is 5.62. The van der Waals surface area contributed by atoms with Crippen molar-refractivity contribution in [3.05, 3.63) is 0 Å². The maximum Gasteiger partial charge on any atom is 0.306 e. The number of ketones is 1. The van der Waals surface area contributed by atoms with Crippen molar-refractivity contribution in [2.45, 2.75) is 45.1 Å². The minimum atomic E-state index is -0.476. The second-order valence-electron chi connectivity index (χ2n) is 6.52. The Kier molecular flexibility index (Phi) is 3.16. The predicted molar refractivity (Wildman–Crippen MR) is 68.4 cm³/mol. The fourth-order valence-corrected chi connectivity index (χ4v) is 4.67. The van der Waals surface area contributed by atoms with Crippen LogP contribution in [0.15, 0.2) is 0 Å². The van der Waals surface area contributed by atoms with Gasteiger partial charge in [-0.3, -0.25) is 9.59 Å². The van der Waals surface area contributed by atoms with Crippen LogP contribution < -0.4 is 0 Å². The molecule has 0 amide bonds. The van der Waals surface area contributed by atoms with Crippen molar-refractivity contribution >= 4 is 11.8 Å². The number of hydrogen-bond acceptors (Lipinski definition) is 4. The quantitative estimate of drug-likeness (QED) is 0.717. The number of hydrogen-bond donors (Lipinski definition) is 0. The van der Waals surface area contributed by atoms with Crippen molar-refractivity contribution in [2.24, 2.45) is 23.2 Å². The molecule has 0 aromatic heterocycles. The summed E-state index contributed by atoms with van der Waals surface area (Å²) in [5.74, 6) is 1.11. The van der Waals surface area contributed by atoms with Crippen molar-refractivity contribution in [1.82, 2.24) is 0 Å². The van der Waals surface area contributed by atoms with Gasteiger partial charge in [-0.15, -0.1) is 0 Å². The lowest BCUT2D eigenvalue weighted by Gasteiger charge is -2.37. The standard InChI is InChI=1S/C15H22O4/c1-15-11(5-6-12(15)16)10(8-18-2)4-3-9-7-13(17)19-14(9)15/h9-11,14H,3-8H2,1-2H3/t9-,10?,11-,14+,15-/m0/s1. The lowest BCUT2D eigenvalue weighted by molar-refractivity contribution is -0.152. The van der Waals surface area contributed by atoms with Crippen molar-refractivity contribution < 1.29 is 19.1 Å². The van der Waals surface area contributed by atoms with Gasteiger partial charge in [-0.1, -0.05) is 0 Å². The van der Waals surface area contributed by atoms with E-state index < -0.39 is 5.41 Å². The summed E-state index contributed by atoms with van der Waals surface area (Å²) in [6, 6.07) is 0. The first-order valence-electron chi connectivity index (χ1n) is 7.29. The van der Waals surface area contributed by atoms with Gasteiger partial charge in [0.1, 0.15) is 11.9 Å². The zero-order chi connectivity index (χ0) is 13.6. The fourth-order valence-electron chi connectivity index (χ4n) is 4.67. The molecule has 1 unspecified atom stereocenters. The molecule has 106 valence electrons. The van der Waals surface area contributed by atoms with Gasteiger partial charge in [0.25, 0.3) is 0 Å². The summed E-state index contributed by atoms with van der Waals surface area (Å²) < 4.78 is 10.9. The normalized spacial score (nSPS) is 45.6. The predicted octanol–water partition coefficient (Wildman–Crippen LogP) is 1.96. The van der Waals surface area contributed by atoms with Crippen LogP contribution in [0, 0.1) is 23.2 Å². The van der Waals surface area contributed by atoms with E-state index in [0.29, 0.717) is 31.3 Å². The summed E-state index contributed by atoms with van der Waals surface area (Å²) in [6.07, 6.45) is 3.86. The summed E-state index contributed by atoms with van der Waals surface area (Å²) in [6.45, 7) is 2.73. The number of fused-ring (bicyclic) bond motifs is 3. The number of methoxy groups -OCH3 is 1. The third-order valence-electron chi connectivity index (χ3n) is 5.62. The van der Waals surface area contributed by atoms with Gasteiger partial charge in [-0.05, 0) is 38.0 Å². The highest BCUT2D eigenvalue weighted by atomic mass is 16.6. The molecular formula is C15H22O4. The minimum Gasteiger partial charge on any atom is -0.461 e. The Hall–Kier alpha value is -0.900. The van der Waals surface area contributed by atoms with E-state index in [1.807, 2.05) is 6.92 Å². The maximum absolute atomic E-state index is 12.5. The molecule has 0 spiro atoms. The molecule has 3 aliphatic rings. The SMILES string of the molecule is COCC1CC[C@H]2CC(=O)O[C@H]2[C@]2(C)C(=O)CC[C@@H]12. The van der Waals surface area contributed by atoms with Crippen LogP contribution in [0.25, 0.3) is 0 Å². The van der Waals surface area contributed by atoms with Gasteiger partial charge in [-0.2, -0.15) is 0 Å². The van der Waals surface area contributed by atoms with E-state index >= 15 is 0 Å². The molecule has 1 heterocycles. The van der Waals surface area contributed by atoms with E-state index in [9.17, 15) is 9.59 Å². The van der Waals surface area contributed by atoms with E-state index in [2.05, 4.69) is 0 Å². The second kappa shape index (κ2) is 4.58. The number of esters is 1. The Morgan fingerprint density at radius 1 is 1.32 bits per heavy atom. The van der Waals surface area contributed by atoms with Gasteiger partial charge < -0.3 is 9.47 Å². The lowest BCUT2D eigenvalue weighted by Crippen LogP contribution is -2.45. The largest absolute Gasteiger partial charge is 0.461 e. The minimum absolute atomic E-state index is 0.125. The van der Waals surface area contributed by atoms with Crippen LogP contribution in [0.4, 0.5) is 0 Å². The first kappa shape index (κ1) is 13.1. The molecule has 2 saturated carbocycles. The number of carbonyl (C=O) groups is 2. The van der Waals surface area contributed by atoms with Crippen molar-refractivity contribution in [3.8, 4) is 0 Å². The first-order chi connectivity index (χ1) is 9.07. The third kappa shape index (κ3) is 1.83. The number of Topliss-reactive ketones (excluding diaryl/α,β-unsaturated/α-hetero) is 1.